The predicted molar refractivity (Wildman–Crippen MR) is 81.2 cm³/mol. The van der Waals surface area contributed by atoms with E-state index in [2.05, 4.69) is 34.7 Å². The zero-order valence-electron chi connectivity index (χ0n) is 10.6. The summed E-state index contributed by atoms with van der Waals surface area (Å²) >= 11 is 9.59. The summed E-state index contributed by atoms with van der Waals surface area (Å²) in [5, 5.41) is 4.16. The molecule has 0 fully saturated rings. The lowest BCUT2D eigenvalue weighted by Crippen LogP contribution is -2.23. The molecule has 0 heterocycles. The van der Waals surface area contributed by atoms with Crippen LogP contribution in [-0.2, 0) is 4.74 Å². The average molecular weight is 333 g/mol. The average Bonchev–Trinajstić information content (AvgIpc) is 2.33. The number of nitrogens with one attached hydrogen (secondary N) is 1. The second-order valence-corrected chi connectivity index (χ2v) is 5.35. The van der Waals surface area contributed by atoms with Crippen LogP contribution in [0.1, 0.15) is 24.9 Å². The maximum atomic E-state index is 6.19. The molecule has 0 spiro atoms. The standard InChI is InChI=1S/C14H19BrClNO/c1-3-4-8-18-9-7-17-11(2)13-6-5-12(15)10-14(13)16/h3,5-6,10-11,17H,1,4,7-9H2,2H3. The Kier molecular flexibility index (Phi) is 7.59. The van der Waals surface area contributed by atoms with Crippen LogP contribution in [0, 0.1) is 0 Å². The molecule has 0 saturated heterocycles. The van der Waals surface area contributed by atoms with Gasteiger partial charge in [-0.15, -0.1) is 6.58 Å². The van der Waals surface area contributed by atoms with Crippen LogP contribution in [-0.4, -0.2) is 19.8 Å². The third kappa shape index (κ3) is 5.53. The molecule has 1 rings (SSSR count). The molecule has 1 N–H and O–H groups in total. The van der Waals surface area contributed by atoms with Crippen molar-refractivity contribution in [1.29, 1.82) is 0 Å². The van der Waals surface area contributed by atoms with Crippen LogP contribution in [0.25, 0.3) is 0 Å². The lowest BCUT2D eigenvalue weighted by Gasteiger charge is -2.16. The Labute approximate surface area is 122 Å². The van der Waals surface area contributed by atoms with Crippen molar-refractivity contribution in [2.75, 3.05) is 19.8 Å². The molecule has 1 aromatic rings. The van der Waals surface area contributed by atoms with Crippen molar-refractivity contribution in [3.63, 3.8) is 0 Å². The molecule has 1 aromatic carbocycles. The second-order valence-electron chi connectivity index (χ2n) is 4.03. The van der Waals surface area contributed by atoms with E-state index < -0.39 is 0 Å². The monoisotopic (exact) mass is 331 g/mol. The molecule has 0 aliphatic carbocycles. The van der Waals surface area contributed by atoms with E-state index in [-0.39, 0.29) is 6.04 Å². The van der Waals surface area contributed by atoms with E-state index in [1.165, 1.54) is 0 Å². The van der Waals surface area contributed by atoms with Gasteiger partial charge in [-0.05, 0) is 31.0 Å². The highest BCUT2D eigenvalue weighted by Gasteiger charge is 2.08. The van der Waals surface area contributed by atoms with Gasteiger partial charge in [0.05, 0.1) is 13.2 Å². The van der Waals surface area contributed by atoms with Gasteiger partial charge in [-0.2, -0.15) is 0 Å². The van der Waals surface area contributed by atoms with E-state index >= 15 is 0 Å². The van der Waals surface area contributed by atoms with Crippen LogP contribution >= 0.6 is 27.5 Å². The summed E-state index contributed by atoms with van der Waals surface area (Å²) in [7, 11) is 0. The Bertz CT molecular complexity index is 384. The summed E-state index contributed by atoms with van der Waals surface area (Å²) in [6.45, 7) is 7.99. The Morgan fingerprint density at radius 3 is 2.94 bits per heavy atom. The first-order chi connectivity index (χ1) is 8.65. The number of halogens is 2. The molecule has 0 aliphatic rings. The van der Waals surface area contributed by atoms with Gasteiger partial charge in [0, 0.05) is 22.1 Å². The van der Waals surface area contributed by atoms with E-state index in [4.69, 9.17) is 16.3 Å². The molecule has 18 heavy (non-hydrogen) atoms. The predicted octanol–water partition coefficient (Wildman–Crippen LogP) is 4.35. The van der Waals surface area contributed by atoms with Crippen LogP contribution in [0.3, 0.4) is 0 Å². The van der Waals surface area contributed by atoms with Gasteiger partial charge in [-0.25, -0.2) is 0 Å². The molecular formula is C14H19BrClNO. The van der Waals surface area contributed by atoms with Gasteiger partial charge in [0.25, 0.3) is 0 Å². The zero-order chi connectivity index (χ0) is 13.4. The Hall–Kier alpha value is -0.350. The summed E-state index contributed by atoms with van der Waals surface area (Å²) in [4.78, 5) is 0. The minimum Gasteiger partial charge on any atom is -0.380 e. The first-order valence-corrected chi connectivity index (χ1v) is 7.19. The Morgan fingerprint density at radius 1 is 1.50 bits per heavy atom. The second kappa shape index (κ2) is 8.70. The fourth-order valence-corrected chi connectivity index (χ4v) is 2.42. The molecule has 0 amide bonds. The normalized spacial score (nSPS) is 12.4. The van der Waals surface area contributed by atoms with E-state index in [1.807, 2.05) is 24.3 Å². The van der Waals surface area contributed by atoms with Gasteiger partial charge in [0.1, 0.15) is 0 Å². The highest BCUT2D eigenvalue weighted by atomic mass is 79.9. The molecule has 1 unspecified atom stereocenters. The van der Waals surface area contributed by atoms with E-state index in [9.17, 15) is 0 Å². The van der Waals surface area contributed by atoms with Crippen molar-refractivity contribution in [2.45, 2.75) is 19.4 Å². The van der Waals surface area contributed by atoms with E-state index in [0.29, 0.717) is 6.61 Å². The first kappa shape index (κ1) is 15.7. The van der Waals surface area contributed by atoms with Crippen molar-refractivity contribution >= 4 is 27.5 Å². The molecule has 4 heteroatoms. The maximum absolute atomic E-state index is 6.19. The Morgan fingerprint density at radius 2 is 2.28 bits per heavy atom. The highest BCUT2D eigenvalue weighted by Crippen LogP contribution is 2.26. The highest BCUT2D eigenvalue weighted by molar-refractivity contribution is 9.10. The molecule has 0 aromatic heterocycles. The van der Waals surface area contributed by atoms with Gasteiger partial charge >= 0.3 is 0 Å². The smallest absolute Gasteiger partial charge is 0.0591 e. The fourth-order valence-electron chi connectivity index (χ4n) is 1.58. The summed E-state index contributed by atoms with van der Waals surface area (Å²) in [6, 6.07) is 6.16. The number of hydrogen-bond donors (Lipinski definition) is 1. The molecule has 0 bridgehead atoms. The molecular weight excluding hydrogens is 314 g/mol. The number of benzene rings is 1. The van der Waals surface area contributed by atoms with Gasteiger partial charge in [0.2, 0.25) is 0 Å². The molecule has 1 atom stereocenters. The third-order valence-corrected chi connectivity index (χ3v) is 3.41. The van der Waals surface area contributed by atoms with Crippen LogP contribution in [0.5, 0.6) is 0 Å². The zero-order valence-corrected chi connectivity index (χ0v) is 12.9. The van der Waals surface area contributed by atoms with Crippen molar-refractivity contribution < 1.29 is 4.74 Å². The summed E-state index contributed by atoms with van der Waals surface area (Å²) in [5.41, 5.74) is 1.10. The molecule has 0 radical (unpaired) electrons. The minimum atomic E-state index is 0.216. The first-order valence-electron chi connectivity index (χ1n) is 6.02. The molecule has 0 saturated carbocycles. The van der Waals surface area contributed by atoms with Gasteiger partial charge in [-0.1, -0.05) is 39.7 Å². The molecule has 0 aliphatic heterocycles. The SMILES string of the molecule is C=CCCOCCNC(C)c1ccc(Br)cc1Cl. The van der Waals surface area contributed by atoms with Gasteiger partial charge in [0.15, 0.2) is 0 Å². The van der Waals surface area contributed by atoms with Crippen molar-refractivity contribution in [2.24, 2.45) is 0 Å². The lowest BCUT2D eigenvalue weighted by atomic mass is 10.1. The molecule has 100 valence electrons. The van der Waals surface area contributed by atoms with Crippen LogP contribution in [0.2, 0.25) is 5.02 Å². The quantitative estimate of drug-likeness (QED) is 0.564. The van der Waals surface area contributed by atoms with Crippen LogP contribution in [0.4, 0.5) is 0 Å². The number of rotatable bonds is 8. The van der Waals surface area contributed by atoms with Gasteiger partial charge in [-0.3, -0.25) is 0 Å². The maximum Gasteiger partial charge on any atom is 0.0591 e. The van der Waals surface area contributed by atoms with Crippen LogP contribution < -0.4 is 5.32 Å². The number of hydrogen-bond acceptors (Lipinski definition) is 2. The van der Waals surface area contributed by atoms with Gasteiger partial charge < -0.3 is 10.1 Å². The minimum absolute atomic E-state index is 0.216. The van der Waals surface area contributed by atoms with Crippen molar-refractivity contribution in [3.8, 4) is 0 Å². The summed E-state index contributed by atoms with van der Waals surface area (Å²) < 4.78 is 6.43. The van der Waals surface area contributed by atoms with Crippen LogP contribution in [0.15, 0.2) is 35.3 Å². The van der Waals surface area contributed by atoms with E-state index in [0.717, 1.165) is 34.6 Å². The summed E-state index contributed by atoms with van der Waals surface area (Å²) in [5.74, 6) is 0. The van der Waals surface area contributed by atoms with Crippen molar-refractivity contribution in [1.82, 2.24) is 5.32 Å². The third-order valence-electron chi connectivity index (χ3n) is 2.59. The largest absolute Gasteiger partial charge is 0.380 e. The topological polar surface area (TPSA) is 21.3 Å². The van der Waals surface area contributed by atoms with E-state index in [1.54, 1.807) is 0 Å². The number of ether oxygens (including phenoxy) is 1. The molecule has 2 nitrogen and oxygen atoms in total. The summed E-state index contributed by atoms with van der Waals surface area (Å²) in [6.07, 6.45) is 2.76. The Balaban J connectivity index is 2.31. The lowest BCUT2D eigenvalue weighted by molar-refractivity contribution is 0.138. The van der Waals surface area contributed by atoms with Crippen molar-refractivity contribution in [3.05, 3.63) is 45.9 Å². The fraction of sp³-hybridized carbons (Fsp3) is 0.429.